The molecule has 2 atom stereocenters. The van der Waals surface area contributed by atoms with Gasteiger partial charge < -0.3 is 19.9 Å². The van der Waals surface area contributed by atoms with E-state index < -0.39 is 5.60 Å². The van der Waals surface area contributed by atoms with E-state index in [0.717, 1.165) is 51.7 Å². The van der Waals surface area contributed by atoms with Crippen molar-refractivity contribution in [1.82, 2.24) is 15.1 Å². The quantitative estimate of drug-likeness (QED) is 0.857. The van der Waals surface area contributed by atoms with Crippen LogP contribution in [0.5, 0.6) is 0 Å². The van der Waals surface area contributed by atoms with Gasteiger partial charge in [0.1, 0.15) is 5.60 Å². The summed E-state index contributed by atoms with van der Waals surface area (Å²) in [6, 6.07) is 0.125. The molecule has 2 heterocycles. The molecular weight excluding hydrogens is 306 g/mol. The van der Waals surface area contributed by atoms with Crippen LogP contribution in [0.2, 0.25) is 0 Å². The highest BCUT2D eigenvalue weighted by atomic mass is 16.6. The maximum Gasteiger partial charge on any atom is 0.410 e. The summed E-state index contributed by atoms with van der Waals surface area (Å²) in [7, 11) is 0. The summed E-state index contributed by atoms with van der Waals surface area (Å²) in [5.74, 6) is 0.209. The summed E-state index contributed by atoms with van der Waals surface area (Å²) in [6.07, 6.45) is 4.78. The van der Waals surface area contributed by atoms with Crippen molar-refractivity contribution in [3.05, 3.63) is 0 Å². The van der Waals surface area contributed by atoms with E-state index in [0.29, 0.717) is 6.54 Å². The molecule has 2 amide bonds. The summed E-state index contributed by atoms with van der Waals surface area (Å²) in [4.78, 5) is 28.4. The molecular formula is C18H33N3O3. The lowest BCUT2D eigenvalue weighted by Crippen LogP contribution is -2.47. The van der Waals surface area contributed by atoms with E-state index in [1.807, 2.05) is 32.6 Å². The zero-order valence-corrected chi connectivity index (χ0v) is 15.6. The van der Waals surface area contributed by atoms with Gasteiger partial charge in [0.2, 0.25) is 5.91 Å². The van der Waals surface area contributed by atoms with Crippen LogP contribution < -0.4 is 5.32 Å². The number of nitrogens with one attached hydrogen (secondary N) is 1. The molecule has 0 aromatic rings. The van der Waals surface area contributed by atoms with Gasteiger partial charge in [0.15, 0.2) is 0 Å². The lowest BCUT2D eigenvalue weighted by Gasteiger charge is -2.27. The van der Waals surface area contributed by atoms with E-state index in [2.05, 4.69) is 5.32 Å². The van der Waals surface area contributed by atoms with Crippen molar-refractivity contribution in [1.29, 1.82) is 0 Å². The highest BCUT2D eigenvalue weighted by Crippen LogP contribution is 2.16. The standard InChI is InChI=1S/C18H33N3O3/c1-14(16(22)20-10-5-6-11-20)19-15-8-7-12-21(13-9-15)17(23)24-18(2,3)4/h14-15,19H,5-13H2,1-4H3. The van der Waals surface area contributed by atoms with Gasteiger partial charge in [-0.15, -0.1) is 0 Å². The van der Waals surface area contributed by atoms with Crippen molar-refractivity contribution >= 4 is 12.0 Å². The predicted molar refractivity (Wildman–Crippen MR) is 93.9 cm³/mol. The summed E-state index contributed by atoms with van der Waals surface area (Å²) < 4.78 is 5.46. The number of amides is 2. The average molecular weight is 339 g/mol. The van der Waals surface area contributed by atoms with Gasteiger partial charge in [0.25, 0.3) is 0 Å². The van der Waals surface area contributed by atoms with Crippen LogP contribution in [0, 0.1) is 0 Å². The van der Waals surface area contributed by atoms with Crippen LogP contribution in [0.25, 0.3) is 0 Å². The van der Waals surface area contributed by atoms with Gasteiger partial charge in [-0.2, -0.15) is 0 Å². The molecule has 6 heteroatoms. The first kappa shape index (κ1) is 19.0. The van der Waals surface area contributed by atoms with Gasteiger partial charge in [-0.25, -0.2) is 4.79 Å². The molecule has 0 radical (unpaired) electrons. The third kappa shape index (κ3) is 5.65. The third-order valence-corrected chi connectivity index (χ3v) is 4.65. The van der Waals surface area contributed by atoms with Crippen LogP contribution in [-0.4, -0.2) is 65.7 Å². The second-order valence-corrected chi connectivity index (χ2v) is 8.02. The molecule has 1 N–H and O–H groups in total. The number of hydrogen-bond donors (Lipinski definition) is 1. The molecule has 0 saturated carbocycles. The molecule has 2 rings (SSSR count). The van der Waals surface area contributed by atoms with Crippen molar-refractivity contribution in [3.8, 4) is 0 Å². The van der Waals surface area contributed by atoms with Gasteiger partial charge in [0.05, 0.1) is 6.04 Å². The Bertz CT molecular complexity index is 441. The fourth-order valence-electron chi connectivity index (χ4n) is 3.41. The minimum Gasteiger partial charge on any atom is -0.444 e. The van der Waals surface area contributed by atoms with E-state index in [1.165, 1.54) is 0 Å². The summed E-state index contributed by atoms with van der Waals surface area (Å²) in [6.45, 7) is 10.8. The molecule has 2 fully saturated rings. The Morgan fingerprint density at radius 3 is 2.25 bits per heavy atom. The number of ether oxygens (including phenoxy) is 1. The van der Waals surface area contributed by atoms with Crippen molar-refractivity contribution < 1.29 is 14.3 Å². The fraction of sp³-hybridized carbons (Fsp3) is 0.889. The molecule has 0 bridgehead atoms. The largest absolute Gasteiger partial charge is 0.444 e. The van der Waals surface area contributed by atoms with Gasteiger partial charge in [-0.1, -0.05) is 0 Å². The first-order valence-corrected chi connectivity index (χ1v) is 9.29. The Morgan fingerprint density at radius 1 is 1.00 bits per heavy atom. The Balaban J connectivity index is 1.80. The lowest BCUT2D eigenvalue weighted by molar-refractivity contribution is -0.132. The Morgan fingerprint density at radius 2 is 1.62 bits per heavy atom. The van der Waals surface area contributed by atoms with Crippen LogP contribution >= 0.6 is 0 Å². The van der Waals surface area contributed by atoms with Crippen molar-refractivity contribution in [2.75, 3.05) is 26.2 Å². The average Bonchev–Trinajstić information content (AvgIpc) is 2.92. The van der Waals surface area contributed by atoms with Crippen LogP contribution in [-0.2, 0) is 9.53 Å². The summed E-state index contributed by atoms with van der Waals surface area (Å²) in [5.41, 5.74) is -0.461. The molecule has 138 valence electrons. The molecule has 24 heavy (non-hydrogen) atoms. The minimum atomic E-state index is -0.461. The van der Waals surface area contributed by atoms with Crippen LogP contribution in [0.4, 0.5) is 4.79 Å². The van der Waals surface area contributed by atoms with Gasteiger partial charge in [-0.05, 0) is 59.8 Å². The first-order chi connectivity index (χ1) is 11.3. The van der Waals surface area contributed by atoms with E-state index in [9.17, 15) is 9.59 Å². The van der Waals surface area contributed by atoms with Crippen molar-refractivity contribution in [2.45, 2.75) is 77.5 Å². The maximum atomic E-state index is 12.4. The van der Waals surface area contributed by atoms with Crippen LogP contribution in [0.15, 0.2) is 0 Å². The summed E-state index contributed by atoms with van der Waals surface area (Å²) >= 11 is 0. The Kier molecular flexibility index (Phi) is 6.49. The van der Waals surface area contributed by atoms with Crippen molar-refractivity contribution in [3.63, 3.8) is 0 Å². The Hall–Kier alpha value is -1.30. The predicted octanol–water partition coefficient (Wildman–Crippen LogP) is 2.38. The zero-order valence-electron chi connectivity index (χ0n) is 15.6. The Labute approximate surface area is 145 Å². The second kappa shape index (κ2) is 8.19. The van der Waals surface area contributed by atoms with Crippen LogP contribution in [0.3, 0.4) is 0 Å². The molecule has 0 aromatic heterocycles. The molecule has 0 aromatic carbocycles. The third-order valence-electron chi connectivity index (χ3n) is 4.65. The normalized spacial score (nSPS) is 23.8. The highest BCUT2D eigenvalue weighted by molar-refractivity contribution is 5.81. The first-order valence-electron chi connectivity index (χ1n) is 9.29. The number of rotatable bonds is 3. The van der Waals surface area contributed by atoms with E-state index in [1.54, 1.807) is 4.90 Å². The van der Waals surface area contributed by atoms with E-state index in [4.69, 9.17) is 4.74 Å². The zero-order chi connectivity index (χ0) is 17.7. The smallest absolute Gasteiger partial charge is 0.410 e. The van der Waals surface area contributed by atoms with Gasteiger partial charge in [-0.3, -0.25) is 4.79 Å². The summed E-state index contributed by atoms with van der Waals surface area (Å²) in [5, 5.41) is 3.47. The fourth-order valence-corrected chi connectivity index (χ4v) is 3.41. The van der Waals surface area contributed by atoms with Crippen LogP contribution in [0.1, 0.15) is 59.8 Å². The van der Waals surface area contributed by atoms with Gasteiger partial charge >= 0.3 is 6.09 Å². The number of carbonyl (C=O) groups is 2. The maximum absolute atomic E-state index is 12.4. The molecule has 2 saturated heterocycles. The molecule has 0 spiro atoms. The number of carbonyl (C=O) groups excluding carboxylic acids is 2. The van der Waals surface area contributed by atoms with E-state index in [-0.39, 0.29) is 24.1 Å². The molecule has 0 aliphatic carbocycles. The number of likely N-dealkylation sites (tertiary alicyclic amines) is 2. The van der Waals surface area contributed by atoms with E-state index >= 15 is 0 Å². The second-order valence-electron chi connectivity index (χ2n) is 8.02. The number of hydrogen-bond acceptors (Lipinski definition) is 4. The SMILES string of the molecule is CC(NC1CCCN(C(=O)OC(C)(C)C)CC1)C(=O)N1CCCC1. The molecule has 2 unspecified atom stereocenters. The monoisotopic (exact) mass is 339 g/mol. The molecule has 2 aliphatic heterocycles. The highest BCUT2D eigenvalue weighted by Gasteiger charge is 2.28. The number of nitrogens with zero attached hydrogens (tertiary/aromatic N) is 2. The molecule has 2 aliphatic rings. The lowest BCUT2D eigenvalue weighted by atomic mass is 10.1. The van der Waals surface area contributed by atoms with Gasteiger partial charge in [0, 0.05) is 32.2 Å². The van der Waals surface area contributed by atoms with Crippen molar-refractivity contribution in [2.24, 2.45) is 0 Å². The molecule has 6 nitrogen and oxygen atoms in total. The topological polar surface area (TPSA) is 61.9 Å². The minimum absolute atomic E-state index is 0.152.